The highest BCUT2D eigenvalue weighted by molar-refractivity contribution is 9.10. The molecule has 0 heterocycles. The number of carbonyl (C=O) groups excluding carboxylic acids is 2. The van der Waals surface area contributed by atoms with Gasteiger partial charge in [-0.05, 0) is 78.5 Å². The van der Waals surface area contributed by atoms with Crippen LogP contribution in [0.2, 0.25) is 0 Å². The van der Waals surface area contributed by atoms with Crippen LogP contribution < -0.4 is 10.1 Å². The van der Waals surface area contributed by atoms with Gasteiger partial charge in [-0.3, -0.25) is 9.59 Å². The number of carbonyl (C=O) groups is 2. The van der Waals surface area contributed by atoms with Crippen LogP contribution in [0.25, 0.3) is 0 Å². The number of ether oxygens (including phenoxy) is 1. The van der Waals surface area contributed by atoms with Crippen molar-refractivity contribution in [1.82, 2.24) is 10.2 Å². The van der Waals surface area contributed by atoms with Gasteiger partial charge in [-0.2, -0.15) is 0 Å². The second-order valence-corrected chi connectivity index (χ2v) is 8.25. The Labute approximate surface area is 185 Å². The number of rotatable bonds is 9. The standard InChI is InChI=1S/C23H28BrFN2O3/c1-5-17-8-11-21(20(24)12-17)30-14-22(28)27(16(4)23(29)26-15(2)3)13-18-6-9-19(25)10-7-18/h6-12,15-16H,5,13-14H2,1-4H3,(H,26,29). The van der Waals surface area contributed by atoms with Gasteiger partial charge in [0.15, 0.2) is 6.61 Å². The lowest BCUT2D eigenvalue weighted by Crippen LogP contribution is -2.50. The zero-order valence-corrected chi connectivity index (χ0v) is 19.3. The molecule has 0 aromatic heterocycles. The van der Waals surface area contributed by atoms with E-state index in [0.717, 1.165) is 22.0 Å². The molecule has 162 valence electrons. The Kier molecular flexibility index (Phi) is 8.84. The topological polar surface area (TPSA) is 58.6 Å². The lowest BCUT2D eigenvalue weighted by atomic mass is 10.1. The third-order valence-corrected chi connectivity index (χ3v) is 5.24. The van der Waals surface area contributed by atoms with Crippen molar-refractivity contribution >= 4 is 27.7 Å². The maximum atomic E-state index is 13.2. The summed E-state index contributed by atoms with van der Waals surface area (Å²) in [4.78, 5) is 27.0. The highest BCUT2D eigenvalue weighted by atomic mass is 79.9. The Morgan fingerprint density at radius 3 is 2.30 bits per heavy atom. The Hall–Kier alpha value is -2.41. The van der Waals surface area contributed by atoms with Gasteiger partial charge in [0.05, 0.1) is 4.47 Å². The molecule has 7 heteroatoms. The Bertz CT molecular complexity index is 871. The first-order valence-corrected chi connectivity index (χ1v) is 10.8. The van der Waals surface area contributed by atoms with E-state index in [1.807, 2.05) is 32.0 Å². The van der Waals surface area contributed by atoms with Crippen molar-refractivity contribution in [3.8, 4) is 5.75 Å². The van der Waals surface area contributed by atoms with E-state index in [-0.39, 0.29) is 36.8 Å². The molecule has 0 saturated heterocycles. The minimum atomic E-state index is -0.709. The van der Waals surface area contributed by atoms with Gasteiger partial charge in [-0.1, -0.05) is 25.1 Å². The summed E-state index contributed by atoms with van der Waals surface area (Å²) in [6.07, 6.45) is 0.895. The third kappa shape index (κ3) is 6.83. The van der Waals surface area contributed by atoms with Crippen LogP contribution in [0.15, 0.2) is 46.9 Å². The van der Waals surface area contributed by atoms with Crippen LogP contribution in [0.4, 0.5) is 4.39 Å². The van der Waals surface area contributed by atoms with E-state index in [0.29, 0.717) is 5.75 Å². The second-order valence-electron chi connectivity index (χ2n) is 7.39. The highest BCUT2D eigenvalue weighted by Gasteiger charge is 2.27. The van der Waals surface area contributed by atoms with E-state index >= 15 is 0 Å². The van der Waals surface area contributed by atoms with Crippen molar-refractivity contribution < 1.29 is 18.7 Å². The molecule has 0 radical (unpaired) electrons. The Morgan fingerprint density at radius 2 is 1.73 bits per heavy atom. The molecule has 0 aliphatic heterocycles. The first-order valence-electron chi connectivity index (χ1n) is 9.96. The van der Waals surface area contributed by atoms with Crippen molar-refractivity contribution in [1.29, 1.82) is 0 Å². The van der Waals surface area contributed by atoms with Crippen LogP contribution in [-0.2, 0) is 22.6 Å². The van der Waals surface area contributed by atoms with E-state index < -0.39 is 6.04 Å². The van der Waals surface area contributed by atoms with Crippen LogP contribution in [-0.4, -0.2) is 35.4 Å². The molecule has 1 atom stereocenters. The van der Waals surface area contributed by atoms with Gasteiger partial charge in [-0.15, -0.1) is 0 Å². The Balaban J connectivity index is 2.16. The summed E-state index contributed by atoms with van der Waals surface area (Å²) in [5.41, 5.74) is 1.87. The summed E-state index contributed by atoms with van der Waals surface area (Å²) in [6, 6.07) is 10.8. The zero-order valence-electron chi connectivity index (χ0n) is 17.7. The second kappa shape index (κ2) is 11.1. The number of nitrogens with zero attached hydrogens (tertiary/aromatic N) is 1. The highest BCUT2D eigenvalue weighted by Crippen LogP contribution is 2.26. The molecule has 0 aliphatic carbocycles. The minimum absolute atomic E-state index is 0.0491. The first kappa shape index (κ1) is 23.9. The van der Waals surface area contributed by atoms with Crippen molar-refractivity contribution in [2.75, 3.05) is 6.61 Å². The van der Waals surface area contributed by atoms with Gasteiger partial charge < -0.3 is 15.0 Å². The van der Waals surface area contributed by atoms with Gasteiger partial charge in [0.2, 0.25) is 5.91 Å². The lowest BCUT2D eigenvalue weighted by Gasteiger charge is -2.29. The van der Waals surface area contributed by atoms with Crippen LogP contribution in [0.5, 0.6) is 5.75 Å². The lowest BCUT2D eigenvalue weighted by molar-refractivity contribution is -0.142. The molecule has 2 aromatic rings. The maximum Gasteiger partial charge on any atom is 0.261 e. The van der Waals surface area contributed by atoms with Crippen LogP contribution in [0, 0.1) is 5.82 Å². The van der Waals surface area contributed by atoms with E-state index in [1.54, 1.807) is 19.1 Å². The SMILES string of the molecule is CCc1ccc(OCC(=O)N(Cc2ccc(F)cc2)C(C)C(=O)NC(C)C)c(Br)c1. The average Bonchev–Trinajstić information content (AvgIpc) is 2.71. The molecule has 0 bridgehead atoms. The van der Waals surface area contributed by atoms with Crippen molar-refractivity contribution in [2.24, 2.45) is 0 Å². The minimum Gasteiger partial charge on any atom is -0.483 e. The fourth-order valence-electron chi connectivity index (χ4n) is 2.88. The van der Waals surface area contributed by atoms with Crippen LogP contribution >= 0.6 is 15.9 Å². The van der Waals surface area contributed by atoms with E-state index in [9.17, 15) is 14.0 Å². The summed E-state index contributed by atoms with van der Waals surface area (Å²) < 4.78 is 19.7. The number of halogens is 2. The van der Waals surface area contributed by atoms with E-state index in [1.165, 1.54) is 17.0 Å². The number of amides is 2. The summed E-state index contributed by atoms with van der Waals surface area (Å²) >= 11 is 3.47. The van der Waals surface area contributed by atoms with Gasteiger partial charge in [0.1, 0.15) is 17.6 Å². The molecule has 30 heavy (non-hydrogen) atoms. The van der Waals surface area contributed by atoms with Gasteiger partial charge in [0, 0.05) is 12.6 Å². The zero-order chi connectivity index (χ0) is 22.3. The largest absolute Gasteiger partial charge is 0.483 e. The van der Waals surface area contributed by atoms with Crippen molar-refractivity contribution in [2.45, 2.75) is 52.7 Å². The molecule has 2 rings (SSSR count). The number of nitrogens with one attached hydrogen (secondary N) is 1. The number of benzene rings is 2. The van der Waals surface area contributed by atoms with Crippen LogP contribution in [0.1, 0.15) is 38.8 Å². The smallest absolute Gasteiger partial charge is 0.261 e. The average molecular weight is 479 g/mol. The molecule has 2 aromatic carbocycles. The number of hydrogen-bond donors (Lipinski definition) is 1. The fourth-order valence-corrected chi connectivity index (χ4v) is 3.42. The monoisotopic (exact) mass is 478 g/mol. The Morgan fingerprint density at radius 1 is 1.10 bits per heavy atom. The van der Waals surface area contributed by atoms with Gasteiger partial charge in [0.25, 0.3) is 5.91 Å². The summed E-state index contributed by atoms with van der Waals surface area (Å²) in [5, 5.41) is 2.83. The predicted octanol–water partition coefficient (Wildman–Crippen LogP) is 4.47. The first-order chi connectivity index (χ1) is 14.2. The molecule has 0 fully saturated rings. The molecule has 0 saturated carbocycles. The van der Waals surface area contributed by atoms with Gasteiger partial charge >= 0.3 is 0 Å². The molecular weight excluding hydrogens is 451 g/mol. The molecule has 5 nitrogen and oxygen atoms in total. The summed E-state index contributed by atoms with van der Waals surface area (Å²) in [5.74, 6) is -0.390. The third-order valence-electron chi connectivity index (χ3n) is 4.62. The molecule has 0 aliphatic rings. The van der Waals surface area contributed by atoms with E-state index in [4.69, 9.17) is 4.74 Å². The van der Waals surface area contributed by atoms with Crippen molar-refractivity contribution in [3.63, 3.8) is 0 Å². The molecule has 0 spiro atoms. The maximum absolute atomic E-state index is 13.2. The van der Waals surface area contributed by atoms with Gasteiger partial charge in [-0.25, -0.2) is 4.39 Å². The van der Waals surface area contributed by atoms with Crippen molar-refractivity contribution in [3.05, 3.63) is 63.9 Å². The summed E-state index contributed by atoms with van der Waals surface area (Å²) in [7, 11) is 0. The molecule has 2 amide bonds. The quantitative estimate of drug-likeness (QED) is 0.578. The predicted molar refractivity (Wildman–Crippen MR) is 119 cm³/mol. The molecular formula is C23H28BrFN2O3. The van der Waals surface area contributed by atoms with Crippen LogP contribution in [0.3, 0.4) is 0 Å². The number of aryl methyl sites for hydroxylation is 1. The molecule has 1 unspecified atom stereocenters. The number of hydrogen-bond acceptors (Lipinski definition) is 3. The molecule has 1 N–H and O–H groups in total. The fraction of sp³-hybridized carbons (Fsp3) is 0.391. The van der Waals surface area contributed by atoms with E-state index in [2.05, 4.69) is 28.2 Å². The normalized spacial score (nSPS) is 11.8. The summed E-state index contributed by atoms with van der Waals surface area (Å²) in [6.45, 7) is 7.40.